The van der Waals surface area contributed by atoms with Crippen molar-refractivity contribution >= 4 is 11.6 Å². The molecule has 0 radical (unpaired) electrons. The van der Waals surface area contributed by atoms with E-state index < -0.39 is 0 Å². The highest BCUT2D eigenvalue weighted by Gasteiger charge is 2.11. The van der Waals surface area contributed by atoms with Gasteiger partial charge in [-0.2, -0.15) is 0 Å². The molecule has 0 aliphatic carbocycles. The second-order valence-corrected chi connectivity index (χ2v) is 6.55. The predicted octanol–water partition coefficient (Wildman–Crippen LogP) is 3.78. The molecule has 5 nitrogen and oxygen atoms in total. The summed E-state index contributed by atoms with van der Waals surface area (Å²) in [7, 11) is 0. The molecule has 1 aliphatic heterocycles. The molecule has 1 atom stereocenters. The van der Waals surface area contributed by atoms with Crippen LogP contribution in [0.25, 0.3) is 0 Å². The monoisotopic (exact) mass is 352 g/mol. The minimum Gasteiger partial charge on any atom is -0.464 e. The van der Waals surface area contributed by atoms with E-state index in [0.29, 0.717) is 6.54 Å². The van der Waals surface area contributed by atoms with Gasteiger partial charge in [-0.1, -0.05) is 24.3 Å². The van der Waals surface area contributed by atoms with Crippen molar-refractivity contribution in [3.8, 4) is 0 Å². The lowest BCUT2D eigenvalue weighted by molar-refractivity contribution is 0.441. The number of nitrogens with one attached hydrogen (secondary N) is 2. The van der Waals surface area contributed by atoms with E-state index in [1.54, 1.807) is 0 Å². The average molecular weight is 352 g/mol. The van der Waals surface area contributed by atoms with E-state index in [4.69, 9.17) is 9.41 Å². The molecule has 1 aromatic carbocycles. The van der Waals surface area contributed by atoms with Crippen molar-refractivity contribution in [2.75, 3.05) is 24.5 Å². The van der Waals surface area contributed by atoms with Crippen molar-refractivity contribution in [2.24, 2.45) is 4.99 Å². The number of nitrogens with zero attached hydrogens (tertiary/aromatic N) is 2. The zero-order valence-electron chi connectivity index (χ0n) is 15.8. The molecule has 0 amide bonds. The van der Waals surface area contributed by atoms with Gasteiger partial charge in [-0.05, 0) is 50.6 Å². The lowest BCUT2D eigenvalue weighted by Gasteiger charge is -2.18. The van der Waals surface area contributed by atoms with Crippen LogP contribution in [0, 0.1) is 6.92 Å². The van der Waals surface area contributed by atoms with Gasteiger partial charge in [0.1, 0.15) is 11.5 Å². The Bertz CT molecular complexity index is 753. The Morgan fingerprint density at radius 1 is 1.15 bits per heavy atom. The first-order chi connectivity index (χ1) is 12.7. The molecular weight excluding hydrogens is 324 g/mol. The second kappa shape index (κ2) is 8.61. The van der Waals surface area contributed by atoms with Crippen LogP contribution in [-0.2, 0) is 6.54 Å². The summed E-state index contributed by atoms with van der Waals surface area (Å²) in [6.07, 6.45) is 4.41. The molecular formula is C21H28N4O. The molecule has 0 fully saturated rings. The maximum Gasteiger partial charge on any atom is 0.192 e. The van der Waals surface area contributed by atoms with Gasteiger partial charge in [0.2, 0.25) is 0 Å². The van der Waals surface area contributed by atoms with Crippen LogP contribution in [0.4, 0.5) is 5.69 Å². The molecule has 138 valence electrons. The van der Waals surface area contributed by atoms with Crippen LogP contribution in [0.5, 0.6) is 0 Å². The Hall–Kier alpha value is -2.69. The van der Waals surface area contributed by atoms with E-state index in [-0.39, 0.29) is 6.04 Å². The minimum absolute atomic E-state index is 0.0616. The maximum absolute atomic E-state index is 5.69. The van der Waals surface area contributed by atoms with Crippen molar-refractivity contribution in [3.05, 3.63) is 65.6 Å². The summed E-state index contributed by atoms with van der Waals surface area (Å²) in [4.78, 5) is 7.05. The lowest BCUT2D eigenvalue weighted by atomic mass is 10.2. The number of guanidine groups is 1. The van der Waals surface area contributed by atoms with Gasteiger partial charge in [-0.25, -0.2) is 4.99 Å². The molecule has 1 unspecified atom stereocenters. The summed E-state index contributed by atoms with van der Waals surface area (Å²) >= 11 is 0. The third-order valence-corrected chi connectivity index (χ3v) is 4.42. The third-order valence-electron chi connectivity index (χ3n) is 4.42. The number of anilines is 1. The zero-order chi connectivity index (χ0) is 18.4. The van der Waals surface area contributed by atoms with E-state index in [1.807, 2.05) is 19.1 Å². The van der Waals surface area contributed by atoms with E-state index >= 15 is 0 Å². The van der Waals surface area contributed by atoms with Gasteiger partial charge in [-0.15, -0.1) is 0 Å². The Kier molecular flexibility index (Phi) is 6.00. The Morgan fingerprint density at radius 2 is 1.88 bits per heavy atom. The molecule has 5 heteroatoms. The molecule has 0 saturated heterocycles. The van der Waals surface area contributed by atoms with Crippen LogP contribution >= 0.6 is 0 Å². The van der Waals surface area contributed by atoms with Crippen molar-refractivity contribution in [1.82, 2.24) is 10.6 Å². The fourth-order valence-electron chi connectivity index (χ4n) is 2.95. The highest BCUT2D eigenvalue weighted by Crippen LogP contribution is 2.18. The first kappa shape index (κ1) is 18.1. The molecule has 3 rings (SSSR count). The zero-order valence-corrected chi connectivity index (χ0v) is 15.8. The maximum atomic E-state index is 5.69. The highest BCUT2D eigenvalue weighted by molar-refractivity contribution is 5.80. The number of hydrogen-bond acceptors (Lipinski definition) is 3. The number of hydrogen-bond donors (Lipinski definition) is 2. The van der Waals surface area contributed by atoms with Gasteiger partial charge in [0.25, 0.3) is 0 Å². The molecule has 2 heterocycles. The van der Waals surface area contributed by atoms with Gasteiger partial charge in [0.05, 0.1) is 12.6 Å². The van der Waals surface area contributed by atoms with Gasteiger partial charge in [0.15, 0.2) is 5.96 Å². The molecule has 0 saturated carbocycles. The standard InChI is InChI=1S/C21H28N4O/c1-4-22-21(24-17(3)20-12-7-16(2)26-20)23-15-18-8-10-19(11-9-18)25-13-5-6-14-25/h5-12,17H,4,13-15H2,1-3H3,(H2,22,23,24). The van der Waals surface area contributed by atoms with E-state index in [9.17, 15) is 0 Å². The fourth-order valence-corrected chi connectivity index (χ4v) is 2.95. The van der Waals surface area contributed by atoms with Crippen LogP contribution < -0.4 is 15.5 Å². The first-order valence-electron chi connectivity index (χ1n) is 9.25. The smallest absolute Gasteiger partial charge is 0.192 e. The fraction of sp³-hybridized carbons (Fsp3) is 0.381. The van der Waals surface area contributed by atoms with Crippen LogP contribution in [0.1, 0.15) is 37.0 Å². The molecule has 2 aromatic rings. The molecule has 0 bridgehead atoms. The quantitative estimate of drug-likeness (QED) is 0.472. The summed E-state index contributed by atoms with van der Waals surface area (Å²) in [5, 5.41) is 6.70. The number of aryl methyl sites for hydroxylation is 1. The summed E-state index contributed by atoms with van der Waals surface area (Å²) in [5.74, 6) is 2.63. The molecule has 0 spiro atoms. The Morgan fingerprint density at radius 3 is 2.50 bits per heavy atom. The Labute approximate surface area is 155 Å². The number of aliphatic imine (C=N–C) groups is 1. The van der Waals surface area contributed by atoms with E-state index in [2.05, 4.69) is 65.8 Å². The predicted molar refractivity (Wildman–Crippen MR) is 108 cm³/mol. The van der Waals surface area contributed by atoms with Crippen molar-refractivity contribution in [1.29, 1.82) is 0 Å². The van der Waals surface area contributed by atoms with Gasteiger partial charge >= 0.3 is 0 Å². The Balaban J connectivity index is 1.61. The SMILES string of the molecule is CCNC(=NCc1ccc(N2CC=CC2)cc1)NC(C)c1ccc(C)o1. The van der Waals surface area contributed by atoms with Gasteiger partial charge < -0.3 is 20.0 Å². The number of benzene rings is 1. The van der Waals surface area contributed by atoms with Crippen molar-refractivity contribution in [3.63, 3.8) is 0 Å². The molecule has 1 aliphatic rings. The number of rotatable bonds is 6. The average Bonchev–Trinajstić information content (AvgIpc) is 3.32. The molecule has 1 aromatic heterocycles. The summed E-state index contributed by atoms with van der Waals surface area (Å²) < 4.78 is 5.69. The largest absolute Gasteiger partial charge is 0.464 e. The van der Waals surface area contributed by atoms with E-state index in [1.165, 1.54) is 11.3 Å². The van der Waals surface area contributed by atoms with Crippen LogP contribution in [-0.4, -0.2) is 25.6 Å². The van der Waals surface area contributed by atoms with Gasteiger partial charge in [-0.3, -0.25) is 0 Å². The lowest BCUT2D eigenvalue weighted by Crippen LogP contribution is -2.38. The highest BCUT2D eigenvalue weighted by atomic mass is 16.3. The topological polar surface area (TPSA) is 52.8 Å². The van der Waals surface area contributed by atoms with Crippen molar-refractivity contribution in [2.45, 2.75) is 33.4 Å². The number of furan rings is 1. The molecule has 2 N–H and O–H groups in total. The van der Waals surface area contributed by atoms with Crippen LogP contribution in [0.2, 0.25) is 0 Å². The normalized spacial score (nSPS) is 15.3. The summed E-state index contributed by atoms with van der Waals surface area (Å²) in [5.41, 5.74) is 2.45. The second-order valence-electron chi connectivity index (χ2n) is 6.55. The van der Waals surface area contributed by atoms with E-state index in [0.717, 1.165) is 37.1 Å². The van der Waals surface area contributed by atoms with Crippen LogP contribution in [0.15, 0.2) is 58.0 Å². The third kappa shape index (κ3) is 4.69. The van der Waals surface area contributed by atoms with Gasteiger partial charge in [0, 0.05) is 25.3 Å². The molecule has 26 heavy (non-hydrogen) atoms. The first-order valence-corrected chi connectivity index (χ1v) is 9.25. The van der Waals surface area contributed by atoms with Crippen LogP contribution in [0.3, 0.4) is 0 Å². The van der Waals surface area contributed by atoms with Crippen molar-refractivity contribution < 1.29 is 4.42 Å². The summed E-state index contributed by atoms with van der Waals surface area (Å²) in [6, 6.07) is 12.7. The summed E-state index contributed by atoms with van der Waals surface area (Å²) in [6.45, 7) is 9.54. The minimum atomic E-state index is 0.0616.